The third kappa shape index (κ3) is 2.51. The number of nitrogens with zero attached hydrogens (tertiary/aromatic N) is 1. The van der Waals surface area contributed by atoms with Crippen LogP contribution in [-0.2, 0) is 6.54 Å². The molecular weight excluding hydrogens is 254 g/mol. The highest BCUT2D eigenvalue weighted by Crippen LogP contribution is 2.24. The number of H-pyrrole nitrogens is 1. The first-order valence-corrected chi connectivity index (χ1v) is 6.34. The zero-order chi connectivity index (χ0) is 13.9. The number of hydrogen-bond acceptors (Lipinski definition) is 4. The van der Waals surface area contributed by atoms with Gasteiger partial charge in [0.25, 0.3) is 0 Å². The number of furan rings is 1. The van der Waals surface area contributed by atoms with Crippen LogP contribution in [0, 0.1) is 6.92 Å². The highest BCUT2D eigenvalue weighted by Gasteiger charge is 2.10. The predicted octanol–water partition coefficient (Wildman–Crippen LogP) is 3.30. The number of aromatic amines is 1. The van der Waals surface area contributed by atoms with E-state index in [1.54, 1.807) is 24.4 Å². The normalized spacial score (nSPS) is 10.7. The van der Waals surface area contributed by atoms with Gasteiger partial charge < -0.3 is 14.8 Å². The van der Waals surface area contributed by atoms with Crippen molar-refractivity contribution in [3.8, 4) is 17.2 Å². The summed E-state index contributed by atoms with van der Waals surface area (Å²) in [6, 6.07) is 10.8. The monoisotopic (exact) mass is 269 g/mol. The van der Waals surface area contributed by atoms with E-state index in [0.717, 1.165) is 28.5 Å². The van der Waals surface area contributed by atoms with Crippen LogP contribution in [0.4, 0.5) is 5.69 Å². The van der Waals surface area contributed by atoms with Crippen molar-refractivity contribution in [3.05, 3.63) is 53.9 Å². The standard InChI is InChI=1S/C15H15N3O2/c1-10-5-6-14(20-10)15-11(9-17-18-15)8-16-12-3-2-4-13(19)7-12/h2-7,9,16,19H,8H2,1H3,(H,17,18). The third-order valence-corrected chi connectivity index (χ3v) is 3.03. The van der Waals surface area contributed by atoms with Gasteiger partial charge in [-0.25, -0.2) is 0 Å². The number of aromatic nitrogens is 2. The van der Waals surface area contributed by atoms with E-state index in [1.807, 2.05) is 25.1 Å². The van der Waals surface area contributed by atoms with Crippen LogP contribution in [0.1, 0.15) is 11.3 Å². The van der Waals surface area contributed by atoms with Crippen LogP contribution in [-0.4, -0.2) is 15.3 Å². The Kier molecular flexibility index (Phi) is 3.16. The predicted molar refractivity (Wildman–Crippen MR) is 76.5 cm³/mol. The van der Waals surface area contributed by atoms with Crippen molar-refractivity contribution in [1.82, 2.24) is 10.2 Å². The first-order chi connectivity index (χ1) is 9.72. The number of rotatable bonds is 4. The number of aryl methyl sites for hydroxylation is 1. The van der Waals surface area contributed by atoms with Gasteiger partial charge in [0.2, 0.25) is 0 Å². The number of benzene rings is 1. The Bertz CT molecular complexity index is 715. The average Bonchev–Trinajstić information content (AvgIpc) is 3.04. The lowest BCUT2D eigenvalue weighted by Crippen LogP contribution is -1.99. The van der Waals surface area contributed by atoms with Crippen molar-refractivity contribution in [2.75, 3.05) is 5.32 Å². The second kappa shape index (κ2) is 5.13. The molecule has 0 spiro atoms. The van der Waals surface area contributed by atoms with Crippen molar-refractivity contribution in [2.24, 2.45) is 0 Å². The maximum absolute atomic E-state index is 9.43. The molecular formula is C15H15N3O2. The minimum absolute atomic E-state index is 0.240. The molecule has 0 amide bonds. The van der Waals surface area contributed by atoms with Crippen LogP contribution < -0.4 is 5.32 Å². The smallest absolute Gasteiger partial charge is 0.152 e. The van der Waals surface area contributed by atoms with Gasteiger partial charge in [0.15, 0.2) is 5.76 Å². The molecule has 2 heterocycles. The zero-order valence-electron chi connectivity index (χ0n) is 11.1. The molecule has 0 atom stereocenters. The van der Waals surface area contributed by atoms with Gasteiger partial charge in [-0.2, -0.15) is 5.10 Å². The first-order valence-electron chi connectivity index (χ1n) is 6.34. The SMILES string of the molecule is Cc1ccc(-c2[nH]ncc2CNc2cccc(O)c2)o1. The lowest BCUT2D eigenvalue weighted by atomic mass is 10.2. The highest BCUT2D eigenvalue weighted by molar-refractivity contribution is 5.58. The summed E-state index contributed by atoms with van der Waals surface area (Å²) in [7, 11) is 0. The summed E-state index contributed by atoms with van der Waals surface area (Å²) < 4.78 is 5.60. The molecule has 0 saturated carbocycles. The second-order valence-electron chi connectivity index (χ2n) is 4.58. The van der Waals surface area contributed by atoms with Gasteiger partial charge in [0.1, 0.15) is 17.2 Å². The Labute approximate surface area is 116 Å². The van der Waals surface area contributed by atoms with Gasteiger partial charge in [0.05, 0.1) is 6.20 Å². The fourth-order valence-electron chi connectivity index (χ4n) is 2.04. The van der Waals surface area contributed by atoms with Gasteiger partial charge >= 0.3 is 0 Å². The Morgan fingerprint density at radius 1 is 1.30 bits per heavy atom. The fraction of sp³-hybridized carbons (Fsp3) is 0.133. The quantitative estimate of drug-likeness (QED) is 0.679. The van der Waals surface area contributed by atoms with Gasteiger partial charge in [-0.3, -0.25) is 5.10 Å². The first kappa shape index (κ1) is 12.3. The molecule has 2 aromatic heterocycles. The van der Waals surface area contributed by atoms with Crippen LogP contribution in [0.15, 0.2) is 47.0 Å². The van der Waals surface area contributed by atoms with E-state index in [1.165, 1.54) is 0 Å². The van der Waals surface area contributed by atoms with Crippen molar-refractivity contribution in [3.63, 3.8) is 0 Å². The Morgan fingerprint density at radius 2 is 2.20 bits per heavy atom. The molecule has 3 aromatic rings. The number of aromatic hydroxyl groups is 1. The van der Waals surface area contributed by atoms with Crippen molar-refractivity contribution in [1.29, 1.82) is 0 Å². The minimum Gasteiger partial charge on any atom is -0.508 e. The molecule has 3 rings (SSSR count). The maximum atomic E-state index is 9.43. The van der Waals surface area contributed by atoms with Crippen molar-refractivity contribution in [2.45, 2.75) is 13.5 Å². The molecule has 0 unspecified atom stereocenters. The van der Waals surface area contributed by atoms with Crippen LogP contribution in [0.5, 0.6) is 5.75 Å². The van der Waals surface area contributed by atoms with Crippen LogP contribution in [0.3, 0.4) is 0 Å². The molecule has 0 bridgehead atoms. The fourth-order valence-corrected chi connectivity index (χ4v) is 2.04. The molecule has 0 aliphatic carbocycles. The molecule has 5 nitrogen and oxygen atoms in total. The molecule has 0 radical (unpaired) electrons. The molecule has 20 heavy (non-hydrogen) atoms. The zero-order valence-corrected chi connectivity index (χ0v) is 11.1. The van der Waals surface area contributed by atoms with Crippen molar-refractivity contribution < 1.29 is 9.52 Å². The molecule has 0 fully saturated rings. The van der Waals surface area contributed by atoms with E-state index in [4.69, 9.17) is 4.42 Å². The summed E-state index contributed by atoms with van der Waals surface area (Å²) in [6.07, 6.45) is 1.77. The van der Waals surface area contributed by atoms with Gasteiger partial charge in [-0.05, 0) is 31.2 Å². The Balaban J connectivity index is 1.77. The van der Waals surface area contributed by atoms with E-state index in [0.29, 0.717) is 6.54 Å². The van der Waals surface area contributed by atoms with E-state index < -0.39 is 0 Å². The Morgan fingerprint density at radius 3 is 2.95 bits per heavy atom. The van der Waals surface area contributed by atoms with Gasteiger partial charge in [0, 0.05) is 23.9 Å². The molecule has 1 aromatic carbocycles. The molecule has 0 aliphatic rings. The number of phenolic OH excluding ortho intramolecular Hbond substituents is 1. The summed E-state index contributed by atoms with van der Waals surface area (Å²) >= 11 is 0. The summed E-state index contributed by atoms with van der Waals surface area (Å²) in [5.41, 5.74) is 2.72. The topological polar surface area (TPSA) is 74.1 Å². The van der Waals surface area contributed by atoms with E-state index in [9.17, 15) is 5.11 Å². The minimum atomic E-state index is 0.240. The summed E-state index contributed by atoms with van der Waals surface area (Å²) in [5, 5.41) is 19.7. The largest absolute Gasteiger partial charge is 0.508 e. The van der Waals surface area contributed by atoms with Gasteiger partial charge in [-0.1, -0.05) is 6.07 Å². The summed E-state index contributed by atoms with van der Waals surface area (Å²) in [4.78, 5) is 0. The average molecular weight is 269 g/mol. The Hall–Kier alpha value is -2.69. The van der Waals surface area contributed by atoms with Crippen molar-refractivity contribution >= 4 is 5.69 Å². The number of anilines is 1. The molecule has 102 valence electrons. The number of hydrogen-bond donors (Lipinski definition) is 3. The van der Waals surface area contributed by atoms with E-state index in [-0.39, 0.29) is 5.75 Å². The number of phenols is 1. The molecule has 5 heteroatoms. The van der Waals surface area contributed by atoms with Crippen LogP contribution in [0.2, 0.25) is 0 Å². The summed E-state index contributed by atoms with van der Waals surface area (Å²) in [5.74, 6) is 1.87. The van der Waals surface area contributed by atoms with E-state index in [2.05, 4.69) is 15.5 Å². The summed E-state index contributed by atoms with van der Waals surface area (Å²) in [6.45, 7) is 2.50. The van der Waals surface area contributed by atoms with Crippen LogP contribution in [0.25, 0.3) is 11.5 Å². The highest BCUT2D eigenvalue weighted by atomic mass is 16.3. The molecule has 0 aliphatic heterocycles. The number of nitrogens with one attached hydrogen (secondary N) is 2. The molecule has 0 saturated heterocycles. The molecule has 3 N–H and O–H groups in total. The third-order valence-electron chi connectivity index (χ3n) is 3.03. The second-order valence-corrected chi connectivity index (χ2v) is 4.58. The lowest BCUT2D eigenvalue weighted by molar-refractivity contribution is 0.475. The lowest BCUT2D eigenvalue weighted by Gasteiger charge is -2.06. The maximum Gasteiger partial charge on any atom is 0.152 e. The van der Waals surface area contributed by atoms with Crippen LogP contribution >= 0.6 is 0 Å². The van der Waals surface area contributed by atoms with E-state index >= 15 is 0 Å². The van der Waals surface area contributed by atoms with Gasteiger partial charge in [-0.15, -0.1) is 0 Å².